The lowest BCUT2D eigenvalue weighted by molar-refractivity contribution is 0.0844. The molecule has 0 aliphatic heterocycles. The summed E-state index contributed by atoms with van der Waals surface area (Å²) in [6.07, 6.45) is -0.840. The van der Waals surface area contributed by atoms with Crippen LogP contribution in [0.15, 0.2) is 42.5 Å². The molecule has 4 nitrogen and oxygen atoms in total. The van der Waals surface area contributed by atoms with Crippen molar-refractivity contribution < 1.29 is 14.6 Å². The fourth-order valence-corrected chi connectivity index (χ4v) is 2.78. The van der Waals surface area contributed by atoms with Gasteiger partial charge in [-0.1, -0.05) is 56.1 Å². The van der Waals surface area contributed by atoms with Gasteiger partial charge in [-0.25, -0.2) is 0 Å². The first-order valence-electron chi connectivity index (χ1n) is 8.31. The number of aliphatic hydroxyl groups excluding tert-OH is 1. The smallest absolute Gasteiger partial charge is 0.252 e. The molecule has 26 heavy (non-hydrogen) atoms. The van der Waals surface area contributed by atoms with Crippen LogP contribution in [0.1, 0.15) is 36.7 Å². The first-order chi connectivity index (χ1) is 12.2. The molecule has 2 aromatic rings. The van der Waals surface area contributed by atoms with Gasteiger partial charge in [-0.05, 0) is 41.3 Å². The molecule has 1 amide bonds. The lowest BCUT2D eigenvalue weighted by atomic mass is 9.87. The minimum atomic E-state index is -0.840. The Bertz CT molecular complexity index is 755. The van der Waals surface area contributed by atoms with Crippen LogP contribution in [-0.4, -0.2) is 30.3 Å². The normalized spacial score (nSPS) is 12.5. The number of nitrogens with one attached hydrogen (secondary N) is 1. The average Bonchev–Trinajstić information content (AvgIpc) is 2.57. The third-order valence-corrected chi connectivity index (χ3v) is 4.38. The highest BCUT2D eigenvalue weighted by molar-refractivity contribution is 6.36. The van der Waals surface area contributed by atoms with Crippen LogP contribution in [0.2, 0.25) is 10.0 Å². The summed E-state index contributed by atoms with van der Waals surface area (Å²) in [5.74, 6) is 0.296. The molecule has 0 spiro atoms. The molecule has 2 N–H and O–H groups in total. The Morgan fingerprint density at radius 3 is 2.38 bits per heavy atom. The molecule has 0 heterocycles. The van der Waals surface area contributed by atoms with E-state index in [1.165, 1.54) is 11.6 Å². The van der Waals surface area contributed by atoms with E-state index in [1.807, 2.05) is 24.3 Å². The number of rotatable bonds is 6. The van der Waals surface area contributed by atoms with Crippen molar-refractivity contribution in [1.29, 1.82) is 0 Å². The van der Waals surface area contributed by atoms with E-state index in [0.29, 0.717) is 16.3 Å². The van der Waals surface area contributed by atoms with Crippen LogP contribution in [0, 0.1) is 0 Å². The van der Waals surface area contributed by atoms with Crippen LogP contribution in [0.4, 0.5) is 0 Å². The molecule has 2 aromatic carbocycles. The largest absolute Gasteiger partial charge is 0.491 e. The van der Waals surface area contributed by atoms with Crippen molar-refractivity contribution in [2.45, 2.75) is 32.3 Å². The Balaban J connectivity index is 1.81. The predicted molar refractivity (Wildman–Crippen MR) is 105 cm³/mol. The molecule has 0 radical (unpaired) electrons. The number of aliphatic hydroxyl groups is 1. The predicted octanol–water partition coefficient (Wildman–Crippen LogP) is 4.46. The number of hydrogen-bond donors (Lipinski definition) is 2. The second-order valence-electron chi connectivity index (χ2n) is 7.07. The third-order valence-electron chi connectivity index (χ3n) is 3.84. The number of ether oxygens (including phenoxy) is 1. The van der Waals surface area contributed by atoms with E-state index in [-0.39, 0.29) is 29.5 Å². The summed E-state index contributed by atoms with van der Waals surface area (Å²) in [5.41, 5.74) is 1.59. The number of hydrogen-bond acceptors (Lipinski definition) is 3. The highest BCUT2D eigenvalue weighted by Gasteiger charge is 2.14. The van der Waals surface area contributed by atoms with Gasteiger partial charge >= 0.3 is 0 Å². The van der Waals surface area contributed by atoms with Gasteiger partial charge < -0.3 is 15.2 Å². The van der Waals surface area contributed by atoms with Gasteiger partial charge in [0.25, 0.3) is 5.91 Å². The molecule has 0 saturated heterocycles. The standard InChI is InChI=1S/C20H23Cl2NO3/c1-20(2,3)13-4-7-16(8-5-13)26-12-15(24)11-23-19(25)17-9-6-14(21)10-18(17)22/h4-10,15,24H,11-12H2,1-3H3,(H,23,25). The van der Waals surface area contributed by atoms with Crippen molar-refractivity contribution in [3.8, 4) is 5.75 Å². The van der Waals surface area contributed by atoms with Crippen molar-refractivity contribution in [3.63, 3.8) is 0 Å². The Labute approximate surface area is 164 Å². The molecule has 0 aliphatic carbocycles. The molecule has 6 heteroatoms. The van der Waals surface area contributed by atoms with E-state index in [9.17, 15) is 9.90 Å². The number of amides is 1. The second-order valence-corrected chi connectivity index (χ2v) is 7.92. The minimum absolute atomic E-state index is 0.0534. The number of benzene rings is 2. The summed E-state index contributed by atoms with van der Waals surface area (Å²) >= 11 is 11.8. The van der Waals surface area contributed by atoms with Crippen molar-refractivity contribution >= 4 is 29.1 Å². The molecule has 0 saturated carbocycles. The zero-order valence-corrected chi connectivity index (χ0v) is 16.6. The molecule has 0 aliphatic rings. The number of halogens is 2. The van der Waals surface area contributed by atoms with Crippen molar-refractivity contribution in [1.82, 2.24) is 5.32 Å². The topological polar surface area (TPSA) is 58.6 Å². The lowest BCUT2D eigenvalue weighted by Gasteiger charge is -2.19. The van der Waals surface area contributed by atoms with Gasteiger partial charge in [-0.2, -0.15) is 0 Å². The fraction of sp³-hybridized carbons (Fsp3) is 0.350. The van der Waals surface area contributed by atoms with Crippen molar-refractivity contribution in [2.24, 2.45) is 0 Å². The minimum Gasteiger partial charge on any atom is -0.491 e. The first kappa shape index (κ1) is 20.6. The van der Waals surface area contributed by atoms with E-state index in [1.54, 1.807) is 12.1 Å². The van der Waals surface area contributed by atoms with E-state index >= 15 is 0 Å². The van der Waals surface area contributed by atoms with E-state index in [0.717, 1.165) is 0 Å². The van der Waals surface area contributed by atoms with Gasteiger partial charge in [0.1, 0.15) is 18.5 Å². The highest BCUT2D eigenvalue weighted by Crippen LogP contribution is 2.24. The molecular weight excluding hydrogens is 373 g/mol. The fourth-order valence-electron chi connectivity index (χ4n) is 2.28. The molecule has 0 aromatic heterocycles. The summed E-state index contributed by atoms with van der Waals surface area (Å²) in [4.78, 5) is 12.1. The number of carbonyl (C=O) groups excluding carboxylic acids is 1. The monoisotopic (exact) mass is 395 g/mol. The van der Waals surface area contributed by atoms with Gasteiger partial charge in [0.15, 0.2) is 0 Å². The second kappa shape index (κ2) is 8.76. The summed E-state index contributed by atoms with van der Waals surface area (Å²) < 4.78 is 5.57. The van der Waals surface area contributed by atoms with Crippen LogP contribution in [-0.2, 0) is 5.41 Å². The Morgan fingerprint density at radius 1 is 1.15 bits per heavy atom. The molecule has 0 bridgehead atoms. The maximum atomic E-state index is 12.1. The van der Waals surface area contributed by atoms with Crippen molar-refractivity contribution in [3.05, 3.63) is 63.6 Å². The Morgan fingerprint density at radius 2 is 1.81 bits per heavy atom. The van der Waals surface area contributed by atoms with Gasteiger partial charge in [0, 0.05) is 11.6 Å². The van der Waals surface area contributed by atoms with Crippen molar-refractivity contribution in [2.75, 3.05) is 13.2 Å². The lowest BCUT2D eigenvalue weighted by Crippen LogP contribution is -2.35. The maximum Gasteiger partial charge on any atom is 0.252 e. The molecule has 1 atom stereocenters. The van der Waals surface area contributed by atoms with Gasteiger partial charge in [0.2, 0.25) is 0 Å². The van der Waals surface area contributed by atoms with Crippen LogP contribution in [0.5, 0.6) is 5.75 Å². The Kier molecular flexibility index (Phi) is 6.93. The molecular formula is C20H23Cl2NO3. The first-order valence-corrected chi connectivity index (χ1v) is 9.07. The third kappa shape index (κ3) is 5.90. The van der Waals surface area contributed by atoms with Gasteiger partial charge in [-0.3, -0.25) is 4.79 Å². The van der Waals surface area contributed by atoms with Crippen LogP contribution in [0.3, 0.4) is 0 Å². The summed E-state index contributed by atoms with van der Waals surface area (Å²) in [5, 5.41) is 13.4. The summed E-state index contributed by atoms with van der Waals surface area (Å²) in [6, 6.07) is 12.4. The van der Waals surface area contributed by atoms with Gasteiger partial charge in [-0.15, -0.1) is 0 Å². The van der Waals surface area contributed by atoms with Gasteiger partial charge in [0.05, 0.1) is 10.6 Å². The number of carbonyl (C=O) groups is 1. The van der Waals surface area contributed by atoms with Crippen LogP contribution in [0.25, 0.3) is 0 Å². The average molecular weight is 396 g/mol. The summed E-state index contributed by atoms with van der Waals surface area (Å²) in [7, 11) is 0. The zero-order chi connectivity index (χ0) is 19.3. The van der Waals surface area contributed by atoms with Crippen LogP contribution >= 0.6 is 23.2 Å². The van der Waals surface area contributed by atoms with E-state index < -0.39 is 6.10 Å². The van der Waals surface area contributed by atoms with E-state index in [4.69, 9.17) is 27.9 Å². The quantitative estimate of drug-likeness (QED) is 0.758. The van der Waals surface area contributed by atoms with Crippen LogP contribution < -0.4 is 10.1 Å². The maximum absolute atomic E-state index is 12.1. The summed E-state index contributed by atoms with van der Waals surface area (Å²) in [6.45, 7) is 6.55. The molecule has 140 valence electrons. The van der Waals surface area contributed by atoms with E-state index in [2.05, 4.69) is 26.1 Å². The Hall–Kier alpha value is -1.75. The highest BCUT2D eigenvalue weighted by atomic mass is 35.5. The molecule has 2 rings (SSSR count). The zero-order valence-electron chi connectivity index (χ0n) is 15.1. The molecule has 0 fully saturated rings. The SMILES string of the molecule is CC(C)(C)c1ccc(OCC(O)CNC(=O)c2ccc(Cl)cc2Cl)cc1. The molecule has 1 unspecified atom stereocenters.